The molecule has 0 saturated heterocycles. The topological polar surface area (TPSA) is 33.2 Å². The summed E-state index contributed by atoms with van der Waals surface area (Å²) < 4.78 is 0.816. The standard InChI is InChI=1S/C14H13BrN2O/c1-17(9-11-4-6-16-7-5-11)13-3-2-12(10-18)14(15)8-13/h2-8,10H,9H2,1H3. The second-order valence-corrected chi connectivity index (χ2v) is 4.89. The highest BCUT2D eigenvalue weighted by atomic mass is 79.9. The van der Waals surface area contributed by atoms with Crippen LogP contribution in [0.3, 0.4) is 0 Å². The van der Waals surface area contributed by atoms with Crippen LogP contribution < -0.4 is 4.90 Å². The van der Waals surface area contributed by atoms with Crippen molar-refractivity contribution in [3.63, 3.8) is 0 Å². The maximum Gasteiger partial charge on any atom is 0.151 e. The number of carbonyl (C=O) groups excluding carboxylic acids is 1. The zero-order valence-corrected chi connectivity index (χ0v) is 11.6. The minimum absolute atomic E-state index is 0.663. The fourth-order valence-electron chi connectivity index (χ4n) is 1.70. The van der Waals surface area contributed by atoms with Crippen LogP contribution in [0.15, 0.2) is 47.2 Å². The van der Waals surface area contributed by atoms with Gasteiger partial charge in [-0.2, -0.15) is 0 Å². The Morgan fingerprint density at radius 3 is 2.61 bits per heavy atom. The number of nitrogens with zero attached hydrogens (tertiary/aromatic N) is 2. The van der Waals surface area contributed by atoms with E-state index in [1.807, 2.05) is 37.4 Å². The predicted octanol–water partition coefficient (Wildman–Crippen LogP) is 3.29. The summed E-state index contributed by atoms with van der Waals surface area (Å²) in [7, 11) is 2.02. The number of pyridine rings is 1. The van der Waals surface area contributed by atoms with Gasteiger partial charge in [0.15, 0.2) is 6.29 Å². The molecule has 1 heterocycles. The summed E-state index contributed by atoms with van der Waals surface area (Å²) in [5.74, 6) is 0. The molecule has 92 valence electrons. The first-order chi connectivity index (χ1) is 8.70. The molecule has 0 atom stereocenters. The van der Waals surface area contributed by atoms with E-state index in [9.17, 15) is 4.79 Å². The number of aromatic nitrogens is 1. The SMILES string of the molecule is CN(Cc1ccncc1)c1ccc(C=O)c(Br)c1. The first-order valence-electron chi connectivity index (χ1n) is 5.55. The lowest BCUT2D eigenvalue weighted by atomic mass is 10.2. The summed E-state index contributed by atoms with van der Waals surface area (Å²) in [4.78, 5) is 16.9. The van der Waals surface area contributed by atoms with Crippen LogP contribution >= 0.6 is 15.9 Å². The van der Waals surface area contributed by atoms with Crippen molar-refractivity contribution in [2.45, 2.75) is 6.54 Å². The Bertz CT molecular complexity index is 543. The molecule has 1 aromatic heterocycles. The molecule has 2 aromatic rings. The van der Waals surface area contributed by atoms with E-state index >= 15 is 0 Å². The quantitative estimate of drug-likeness (QED) is 0.813. The molecule has 0 saturated carbocycles. The summed E-state index contributed by atoms with van der Waals surface area (Å²) in [6, 6.07) is 9.69. The lowest BCUT2D eigenvalue weighted by molar-refractivity contribution is 0.112. The highest BCUT2D eigenvalue weighted by Gasteiger charge is 2.05. The van der Waals surface area contributed by atoms with E-state index in [1.54, 1.807) is 12.4 Å². The van der Waals surface area contributed by atoms with Crippen molar-refractivity contribution in [1.82, 2.24) is 4.98 Å². The molecule has 0 aliphatic carbocycles. The van der Waals surface area contributed by atoms with Crippen LogP contribution in [0, 0.1) is 0 Å². The molecule has 0 unspecified atom stereocenters. The Kier molecular flexibility index (Phi) is 4.10. The van der Waals surface area contributed by atoms with Gasteiger partial charge in [0.25, 0.3) is 0 Å². The number of hydrogen-bond donors (Lipinski definition) is 0. The van der Waals surface area contributed by atoms with E-state index < -0.39 is 0 Å². The highest BCUT2D eigenvalue weighted by molar-refractivity contribution is 9.10. The number of benzene rings is 1. The van der Waals surface area contributed by atoms with Gasteiger partial charge in [-0.1, -0.05) is 0 Å². The van der Waals surface area contributed by atoms with Gasteiger partial charge in [0.1, 0.15) is 0 Å². The fraction of sp³-hybridized carbons (Fsp3) is 0.143. The Labute approximate surface area is 115 Å². The van der Waals surface area contributed by atoms with Gasteiger partial charge >= 0.3 is 0 Å². The zero-order chi connectivity index (χ0) is 13.0. The minimum atomic E-state index is 0.663. The van der Waals surface area contributed by atoms with E-state index in [2.05, 4.69) is 25.8 Å². The molecule has 0 amide bonds. The maximum absolute atomic E-state index is 10.7. The first kappa shape index (κ1) is 12.8. The van der Waals surface area contributed by atoms with E-state index in [-0.39, 0.29) is 0 Å². The second kappa shape index (κ2) is 5.78. The summed E-state index contributed by atoms with van der Waals surface area (Å²) in [6.45, 7) is 0.801. The van der Waals surface area contributed by atoms with Crippen molar-refractivity contribution < 1.29 is 4.79 Å². The van der Waals surface area contributed by atoms with Crippen molar-refractivity contribution in [1.29, 1.82) is 0 Å². The van der Waals surface area contributed by atoms with Crippen LogP contribution in [0.4, 0.5) is 5.69 Å². The van der Waals surface area contributed by atoms with Crippen LogP contribution in [0.2, 0.25) is 0 Å². The number of anilines is 1. The molecule has 3 nitrogen and oxygen atoms in total. The van der Waals surface area contributed by atoms with Gasteiger partial charge in [0.05, 0.1) is 0 Å². The van der Waals surface area contributed by atoms with Gasteiger partial charge in [-0.25, -0.2) is 0 Å². The van der Waals surface area contributed by atoms with Gasteiger partial charge in [-0.3, -0.25) is 9.78 Å². The molecule has 0 aliphatic rings. The molecule has 0 fully saturated rings. The molecule has 0 radical (unpaired) electrons. The second-order valence-electron chi connectivity index (χ2n) is 4.04. The lowest BCUT2D eigenvalue weighted by Gasteiger charge is -2.19. The van der Waals surface area contributed by atoms with Crippen molar-refractivity contribution in [3.8, 4) is 0 Å². The monoisotopic (exact) mass is 304 g/mol. The third-order valence-electron chi connectivity index (χ3n) is 2.72. The third-order valence-corrected chi connectivity index (χ3v) is 3.41. The Hall–Kier alpha value is -1.68. The molecular weight excluding hydrogens is 292 g/mol. The Morgan fingerprint density at radius 2 is 2.00 bits per heavy atom. The van der Waals surface area contributed by atoms with E-state index in [0.29, 0.717) is 5.56 Å². The molecule has 0 N–H and O–H groups in total. The van der Waals surface area contributed by atoms with Crippen LogP contribution in [-0.2, 0) is 6.54 Å². The number of carbonyl (C=O) groups is 1. The van der Waals surface area contributed by atoms with E-state index in [1.165, 1.54) is 5.56 Å². The van der Waals surface area contributed by atoms with Crippen molar-refractivity contribution in [3.05, 3.63) is 58.3 Å². The predicted molar refractivity (Wildman–Crippen MR) is 75.9 cm³/mol. The van der Waals surface area contributed by atoms with Crippen molar-refractivity contribution >= 4 is 27.9 Å². The Balaban J connectivity index is 2.16. The summed E-state index contributed by atoms with van der Waals surface area (Å²) in [5, 5.41) is 0. The van der Waals surface area contributed by atoms with Crippen molar-refractivity contribution in [2.75, 3.05) is 11.9 Å². The highest BCUT2D eigenvalue weighted by Crippen LogP contribution is 2.23. The molecule has 1 aromatic carbocycles. The number of rotatable bonds is 4. The third kappa shape index (κ3) is 2.96. The molecule has 18 heavy (non-hydrogen) atoms. The Morgan fingerprint density at radius 1 is 1.28 bits per heavy atom. The normalized spacial score (nSPS) is 10.1. The number of aldehydes is 1. The minimum Gasteiger partial charge on any atom is -0.370 e. The van der Waals surface area contributed by atoms with Gasteiger partial charge in [-0.05, 0) is 51.8 Å². The molecule has 0 spiro atoms. The summed E-state index contributed by atoms with van der Waals surface area (Å²) in [5.41, 5.74) is 2.92. The van der Waals surface area contributed by atoms with Gasteiger partial charge in [0, 0.05) is 41.7 Å². The molecule has 4 heteroatoms. The fourth-order valence-corrected chi connectivity index (χ4v) is 2.16. The first-order valence-corrected chi connectivity index (χ1v) is 6.35. The van der Waals surface area contributed by atoms with Gasteiger partial charge in [0.2, 0.25) is 0 Å². The van der Waals surface area contributed by atoms with Crippen LogP contribution in [-0.4, -0.2) is 18.3 Å². The molecule has 0 bridgehead atoms. The lowest BCUT2D eigenvalue weighted by Crippen LogP contribution is -2.16. The smallest absolute Gasteiger partial charge is 0.151 e. The molecule has 0 aliphatic heterocycles. The average Bonchev–Trinajstić information content (AvgIpc) is 2.39. The largest absolute Gasteiger partial charge is 0.370 e. The van der Waals surface area contributed by atoms with E-state index in [4.69, 9.17) is 0 Å². The molecular formula is C14H13BrN2O. The van der Waals surface area contributed by atoms with Crippen LogP contribution in [0.5, 0.6) is 0 Å². The van der Waals surface area contributed by atoms with Gasteiger partial charge in [-0.15, -0.1) is 0 Å². The average molecular weight is 305 g/mol. The van der Waals surface area contributed by atoms with Gasteiger partial charge < -0.3 is 4.90 Å². The van der Waals surface area contributed by atoms with Crippen LogP contribution in [0.25, 0.3) is 0 Å². The number of hydrogen-bond acceptors (Lipinski definition) is 3. The number of halogens is 1. The zero-order valence-electron chi connectivity index (χ0n) is 10.0. The van der Waals surface area contributed by atoms with Crippen LogP contribution in [0.1, 0.15) is 15.9 Å². The molecule has 2 rings (SSSR count). The summed E-state index contributed by atoms with van der Waals surface area (Å²) >= 11 is 3.39. The summed E-state index contributed by atoms with van der Waals surface area (Å²) in [6.07, 6.45) is 4.42. The van der Waals surface area contributed by atoms with Crippen molar-refractivity contribution in [2.24, 2.45) is 0 Å². The maximum atomic E-state index is 10.7. The van der Waals surface area contributed by atoms with E-state index in [0.717, 1.165) is 23.0 Å².